The minimum absolute atomic E-state index is 0.0157. The molecule has 1 rings (SSSR count). The molecule has 1 aromatic heterocycles. The first kappa shape index (κ1) is 14.8. The van der Waals surface area contributed by atoms with Crippen molar-refractivity contribution in [2.24, 2.45) is 0 Å². The van der Waals surface area contributed by atoms with Crippen LogP contribution in [0.4, 0.5) is 9.93 Å². The van der Waals surface area contributed by atoms with Crippen LogP contribution in [0, 0.1) is 0 Å². The predicted molar refractivity (Wildman–Crippen MR) is 71.8 cm³/mol. The molecule has 7 heteroatoms. The number of rotatable bonds is 7. The summed E-state index contributed by atoms with van der Waals surface area (Å²) in [5.74, 6) is 0. The lowest BCUT2D eigenvalue weighted by Gasteiger charge is -2.15. The zero-order valence-corrected chi connectivity index (χ0v) is 11.6. The SMILES string of the molecule is CCCc1nnc(NC(=O)NC(CC)CCO)s1. The molecule has 0 saturated heterocycles. The molecule has 2 amide bonds. The summed E-state index contributed by atoms with van der Waals surface area (Å²) in [6.45, 7) is 4.10. The highest BCUT2D eigenvalue weighted by atomic mass is 32.1. The number of carbonyl (C=O) groups excluding carboxylic acids is 1. The van der Waals surface area contributed by atoms with Crippen molar-refractivity contribution in [1.29, 1.82) is 0 Å². The molecule has 1 unspecified atom stereocenters. The van der Waals surface area contributed by atoms with Crippen LogP contribution in [0.1, 0.15) is 38.1 Å². The van der Waals surface area contributed by atoms with Gasteiger partial charge >= 0.3 is 6.03 Å². The molecule has 18 heavy (non-hydrogen) atoms. The van der Waals surface area contributed by atoms with Gasteiger partial charge in [-0.25, -0.2) is 4.79 Å². The van der Waals surface area contributed by atoms with Crippen LogP contribution in [0.3, 0.4) is 0 Å². The molecule has 0 bridgehead atoms. The molecule has 0 radical (unpaired) electrons. The number of nitrogens with one attached hydrogen (secondary N) is 2. The number of aromatic nitrogens is 2. The Kier molecular flexibility index (Phi) is 6.59. The van der Waals surface area contributed by atoms with Crippen LogP contribution in [0.5, 0.6) is 0 Å². The molecule has 0 aliphatic rings. The Balaban J connectivity index is 2.42. The Morgan fingerprint density at radius 2 is 2.22 bits per heavy atom. The monoisotopic (exact) mass is 272 g/mol. The van der Waals surface area contributed by atoms with Gasteiger partial charge in [0.05, 0.1) is 0 Å². The van der Waals surface area contributed by atoms with E-state index in [1.807, 2.05) is 6.92 Å². The Hall–Kier alpha value is -1.21. The highest BCUT2D eigenvalue weighted by Gasteiger charge is 2.11. The van der Waals surface area contributed by atoms with Crippen molar-refractivity contribution < 1.29 is 9.90 Å². The second-order valence-electron chi connectivity index (χ2n) is 3.97. The van der Waals surface area contributed by atoms with Gasteiger partial charge in [-0.2, -0.15) is 0 Å². The third-order valence-electron chi connectivity index (χ3n) is 2.46. The molecule has 3 N–H and O–H groups in total. The van der Waals surface area contributed by atoms with Crippen LogP contribution >= 0.6 is 11.3 Å². The molecule has 6 nitrogen and oxygen atoms in total. The molecule has 1 heterocycles. The van der Waals surface area contributed by atoms with Gasteiger partial charge in [0.25, 0.3) is 0 Å². The van der Waals surface area contributed by atoms with Gasteiger partial charge in [-0.15, -0.1) is 10.2 Å². The highest BCUT2D eigenvalue weighted by molar-refractivity contribution is 7.15. The van der Waals surface area contributed by atoms with Crippen molar-refractivity contribution in [3.8, 4) is 0 Å². The lowest BCUT2D eigenvalue weighted by atomic mass is 10.2. The molecule has 1 atom stereocenters. The van der Waals surface area contributed by atoms with Crippen molar-refractivity contribution in [3.05, 3.63) is 5.01 Å². The maximum atomic E-state index is 11.7. The number of hydrogen-bond donors (Lipinski definition) is 3. The van der Waals surface area contributed by atoms with E-state index in [1.165, 1.54) is 11.3 Å². The number of aliphatic hydroxyl groups is 1. The zero-order chi connectivity index (χ0) is 13.4. The van der Waals surface area contributed by atoms with Crippen LogP contribution in [-0.2, 0) is 6.42 Å². The van der Waals surface area contributed by atoms with E-state index < -0.39 is 0 Å². The fraction of sp³-hybridized carbons (Fsp3) is 0.727. The second kappa shape index (κ2) is 7.99. The van der Waals surface area contributed by atoms with Gasteiger partial charge in [0, 0.05) is 19.1 Å². The number of hydrogen-bond acceptors (Lipinski definition) is 5. The van der Waals surface area contributed by atoms with Crippen LogP contribution in [-0.4, -0.2) is 34.0 Å². The summed E-state index contributed by atoms with van der Waals surface area (Å²) in [6, 6.07) is -0.312. The van der Waals surface area contributed by atoms with E-state index in [0.717, 1.165) is 24.3 Å². The number of carbonyl (C=O) groups is 1. The third kappa shape index (κ3) is 4.97. The average Bonchev–Trinajstić information content (AvgIpc) is 2.76. The average molecular weight is 272 g/mol. The maximum absolute atomic E-state index is 11.7. The van der Waals surface area contributed by atoms with Crippen molar-refractivity contribution in [1.82, 2.24) is 15.5 Å². The van der Waals surface area contributed by atoms with E-state index in [2.05, 4.69) is 27.8 Å². The molecule has 0 spiro atoms. The van der Waals surface area contributed by atoms with Crippen molar-refractivity contribution >= 4 is 22.5 Å². The van der Waals surface area contributed by atoms with Crippen molar-refractivity contribution in [2.45, 2.75) is 45.6 Å². The van der Waals surface area contributed by atoms with Crippen LogP contribution in [0.25, 0.3) is 0 Å². The van der Waals surface area contributed by atoms with Gasteiger partial charge in [0.2, 0.25) is 5.13 Å². The zero-order valence-electron chi connectivity index (χ0n) is 10.8. The van der Waals surface area contributed by atoms with Crippen molar-refractivity contribution in [2.75, 3.05) is 11.9 Å². The first-order chi connectivity index (χ1) is 8.69. The summed E-state index contributed by atoms with van der Waals surface area (Å²) >= 11 is 1.39. The summed E-state index contributed by atoms with van der Waals surface area (Å²) in [5, 5.41) is 23.6. The van der Waals surface area contributed by atoms with Gasteiger partial charge in [-0.05, 0) is 19.3 Å². The molecule has 0 aromatic carbocycles. The third-order valence-corrected chi connectivity index (χ3v) is 3.36. The molecule has 0 aliphatic heterocycles. The van der Waals surface area contributed by atoms with Gasteiger partial charge in [0.1, 0.15) is 5.01 Å². The second-order valence-corrected chi connectivity index (χ2v) is 5.03. The number of amides is 2. The first-order valence-corrected chi connectivity index (χ1v) is 7.02. The number of nitrogens with zero attached hydrogens (tertiary/aromatic N) is 2. The fourth-order valence-electron chi connectivity index (χ4n) is 1.47. The first-order valence-electron chi connectivity index (χ1n) is 6.20. The molecular weight excluding hydrogens is 252 g/mol. The van der Waals surface area contributed by atoms with Gasteiger partial charge in [-0.3, -0.25) is 5.32 Å². The smallest absolute Gasteiger partial charge is 0.321 e. The van der Waals surface area contributed by atoms with Crippen molar-refractivity contribution in [3.63, 3.8) is 0 Å². The minimum atomic E-state index is -0.297. The summed E-state index contributed by atoms with van der Waals surface area (Å²) in [6.07, 6.45) is 3.23. The molecular formula is C11H20N4O2S. The largest absolute Gasteiger partial charge is 0.396 e. The predicted octanol–water partition coefficient (Wildman–Crippen LogP) is 1.77. The Labute approximate surface area is 111 Å². The summed E-state index contributed by atoms with van der Waals surface area (Å²) in [4.78, 5) is 11.7. The van der Waals surface area contributed by atoms with Gasteiger partial charge < -0.3 is 10.4 Å². The lowest BCUT2D eigenvalue weighted by molar-refractivity contribution is 0.237. The van der Waals surface area contributed by atoms with E-state index >= 15 is 0 Å². The molecule has 0 fully saturated rings. The Bertz CT molecular complexity index is 370. The van der Waals surface area contributed by atoms with E-state index in [9.17, 15) is 4.79 Å². The molecule has 1 aromatic rings. The summed E-state index contributed by atoms with van der Waals surface area (Å²) in [7, 11) is 0. The quantitative estimate of drug-likeness (QED) is 0.706. The van der Waals surface area contributed by atoms with Gasteiger partial charge in [0.15, 0.2) is 0 Å². The Morgan fingerprint density at radius 3 is 2.83 bits per heavy atom. The normalized spacial score (nSPS) is 12.2. The van der Waals surface area contributed by atoms with Crippen LogP contribution in [0.2, 0.25) is 0 Å². The van der Waals surface area contributed by atoms with Gasteiger partial charge in [-0.1, -0.05) is 25.2 Å². The summed E-state index contributed by atoms with van der Waals surface area (Å²) < 4.78 is 0. The number of anilines is 1. The molecule has 0 saturated carbocycles. The van der Waals surface area contributed by atoms with E-state index in [1.54, 1.807) is 0 Å². The molecule has 102 valence electrons. The standard InChI is InChI=1S/C11H20N4O2S/c1-3-5-9-14-15-11(18-9)13-10(17)12-8(4-2)6-7-16/h8,16H,3-7H2,1-2H3,(H2,12,13,15,17). The van der Waals surface area contributed by atoms with E-state index in [0.29, 0.717) is 11.6 Å². The fourth-order valence-corrected chi connectivity index (χ4v) is 2.31. The maximum Gasteiger partial charge on any atom is 0.321 e. The minimum Gasteiger partial charge on any atom is -0.396 e. The van der Waals surface area contributed by atoms with Crippen LogP contribution in [0.15, 0.2) is 0 Å². The molecule has 0 aliphatic carbocycles. The highest BCUT2D eigenvalue weighted by Crippen LogP contribution is 2.16. The Morgan fingerprint density at radius 1 is 1.44 bits per heavy atom. The van der Waals surface area contributed by atoms with Crippen LogP contribution < -0.4 is 10.6 Å². The lowest BCUT2D eigenvalue weighted by Crippen LogP contribution is -2.38. The van der Waals surface area contributed by atoms with E-state index in [4.69, 9.17) is 5.11 Å². The number of aryl methyl sites for hydroxylation is 1. The summed E-state index contributed by atoms with van der Waals surface area (Å²) in [5.41, 5.74) is 0. The van der Waals surface area contributed by atoms with E-state index in [-0.39, 0.29) is 18.7 Å². The topological polar surface area (TPSA) is 87.1 Å². The number of aliphatic hydroxyl groups excluding tert-OH is 1. The number of urea groups is 1.